The molecule has 8 nitrogen and oxygen atoms in total. The Kier molecular flexibility index (Phi) is 9.59. The van der Waals surface area contributed by atoms with E-state index in [1.807, 2.05) is 4.90 Å². The van der Waals surface area contributed by atoms with Gasteiger partial charge in [0.1, 0.15) is 11.6 Å². The number of amides is 2. The summed E-state index contributed by atoms with van der Waals surface area (Å²) in [5.41, 5.74) is 3.31. The third kappa shape index (κ3) is 6.82. The molecule has 3 aromatic rings. The normalized spacial score (nSPS) is 12.7. The van der Waals surface area contributed by atoms with Crippen molar-refractivity contribution in [1.82, 2.24) is 4.90 Å². The number of nitrogens with zero attached hydrogens (tertiary/aromatic N) is 1. The summed E-state index contributed by atoms with van der Waals surface area (Å²) in [5.74, 6) is 4.82. The lowest BCUT2D eigenvalue weighted by Gasteiger charge is -2.32. The van der Waals surface area contributed by atoms with Gasteiger partial charge in [-0.1, -0.05) is 24.0 Å². The van der Waals surface area contributed by atoms with Crippen LogP contribution in [0.3, 0.4) is 0 Å². The van der Waals surface area contributed by atoms with Crippen LogP contribution in [0.1, 0.15) is 57.2 Å². The Bertz CT molecular complexity index is 1500. The number of amidine groups is 1. The van der Waals surface area contributed by atoms with E-state index in [9.17, 15) is 14.4 Å². The second-order valence-electron chi connectivity index (χ2n) is 9.33. The lowest BCUT2D eigenvalue weighted by Crippen LogP contribution is -2.39. The first-order valence-electron chi connectivity index (χ1n) is 12.5. The quantitative estimate of drug-likeness (QED) is 0.251. The van der Waals surface area contributed by atoms with E-state index in [4.69, 9.17) is 18.3 Å². The fraction of sp³-hybridized carbons (Fsp3) is 0.188. The van der Waals surface area contributed by atoms with Crippen LogP contribution in [0.15, 0.2) is 66.7 Å². The van der Waals surface area contributed by atoms with Gasteiger partial charge in [0.25, 0.3) is 11.8 Å². The molecule has 1 heterocycles. The molecule has 40 heavy (non-hydrogen) atoms. The highest BCUT2D eigenvalue weighted by atomic mass is 16.2. The van der Waals surface area contributed by atoms with Gasteiger partial charge in [-0.05, 0) is 74.4 Å². The molecule has 1 saturated heterocycles. The van der Waals surface area contributed by atoms with E-state index in [1.54, 1.807) is 73.7 Å². The highest BCUT2D eigenvalue weighted by Crippen LogP contribution is 2.22. The van der Waals surface area contributed by atoms with Crippen molar-refractivity contribution in [1.29, 1.82) is 5.41 Å². The molecule has 5 N–H and O–H groups in total. The molecule has 0 unspecified atom stereocenters. The maximum absolute atomic E-state index is 13.1. The minimum atomic E-state index is -0.437. The SMILES string of the molecule is C#Cc1ccc(NC(=O)c2cc(C#C)ccc2NC(=O)c2ccc(C(=N)N3CCC(C(C)=O)CC3)cc2)cc1.O. The highest BCUT2D eigenvalue weighted by Gasteiger charge is 2.24. The third-order valence-electron chi connectivity index (χ3n) is 6.80. The summed E-state index contributed by atoms with van der Waals surface area (Å²) in [4.78, 5) is 39.7. The molecule has 1 aliphatic heterocycles. The Labute approximate surface area is 233 Å². The van der Waals surface area contributed by atoms with Crippen LogP contribution in [-0.2, 0) is 4.79 Å². The summed E-state index contributed by atoms with van der Waals surface area (Å²) >= 11 is 0. The van der Waals surface area contributed by atoms with Crippen LogP contribution in [0.25, 0.3) is 0 Å². The minimum absolute atomic E-state index is 0. The predicted octanol–water partition coefficient (Wildman–Crippen LogP) is 3.96. The summed E-state index contributed by atoms with van der Waals surface area (Å²) < 4.78 is 0. The first kappa shape index (κ1) is 29.4. The largest absolute Gasteiger partial charge is 0.412 e. The average molecular weight is 535 g/mol. The number of rotatable bonds is 6. The fourth-order valence-corrected chi connectivity index (χ4v) is 4.45. The molecule has 0 aliphatic carbocycles. The van der Waals surface area contributed by atoms with Gasteiger partial charge in [0, 0.05) is 46.9 Å². The van der Waals surface area contributed by atoms with Gasteiger partial charge in [-0.25, -0.2) is 0 Å². The summed E-state index contributed by atoms with van der Waals surface area (Å²) in [7, 11) is 0. The van der Waals surface area contributed by atoms with E-state index in [2.05, 4.69) is 22.5 Å². The number of carbonyl (C=O) groups excluding carboxylic acids is 3. The molecule has 0 aromatic heterocycles. The topological polar surface area (TPSA) is 134 Å². The molecule has 0 radical (unpaired) electrons. The van der Waals surface area contributed by atoms with E-state index >= 15 is 0 Å². The number of carbonyl (C=O) groups is 3. The number of terminal acetylenes is 2. The molecule has 202 valence electrons. The first-order valence-corrected chi connectivity index (χ1v) is 12.5. The van der Waals surface area contributed by atoms with E-state index in [-0.39, 0.29) is 22.7 Å². The van der Waals surface area contributed by atoms with Crippen LogP contribution in [0.4, 0.5) is 11.4 Å². The van der Waals surface area contributed by atoms with Gasteiger partial charge < -0.3 is 21.0 Å². The molecular weight excluding hydrogens is 504 g/mol. The van der Waals surface area contributed by atoms with Crippen LogP contribution >= 0.6 is 0 Å². The van der Waals surface area contributed by atoms with Gasteiger partial charge in [-0.3, -0.25) is 19.8 Å². The van der Waals surface area contributed by atoms with Crippen LogP contribution < -0.4 is 10.6 Å². The maximum Gasteiger partial charge on any atom is 0.257 e. The lowest BCUT2D eigenvalue weighted by atomic mass is 9.93. The van der Waals surface area contributed by atoms with Crippen LogP contribution in [0.2, 0.25) is 0 Å². The van der Waals surface area contributed by atoms with E-state index in [1.165, 1.54) is 0 Å². The summed E-state index contributed by atoms with van der Waals surface area (Å²) in [6.07, 6.45) is 12.4. The number of nitrogens with one attached hydrogen (secondary N) is 3. The molecular formula is C32H30N4O4. The highest BCUT2D eigenvalue weighted by molar-refractivity contribution is 6.13. The average Bonchev–Trinajstić information content (AvgIpc) is 2.97. The Morgan fingerprint density at radius 2 is 1.40 bits per heavy atom. The number of anilines is 2. The monoisotopic (exact) mass is 534 g/mol. The number of piperidine rings is 1. The van der Waals surface area contributed by atoms with Crippen molar-refractivity contribution in [3.05, 3.63) is 94.5 Å². The standard InChI is InChI=1S/C32H28N4O3.H2O/c1-4-22-6-13-27(14-7-22)34-32(39)28-20-23(5-2)8-15-29(28)35-31(38)26-11-9-25(10-12-26)30(33)36-18-16-24(17-19-36)21(3)37;/h1-2,6-15,20,24,33H,16-19H2,3H3,(H,34,39)(H,35,38);1H2. The summed E-state index contributed by atoms with van der Waals surface area (Å²) in [5, 5.41) is 14.2. The Hall–Kier alpha value is -5.18. The van der Waals surface area contributed by atoms with Gasteiger partial charge in [0.05, 0.1) is 11.3 Å². The van der Waals surface area contributed by atoms with Crippen molar-refractivity contribution in [3.63, 3.8) is 0 Å². The van der Waals surface area contributed by atoms with Crippen molar-refractivity contribution in [2.45, 2.75) is 19.8 Å². The molecule has 3 aromatic carbocycles. The van der Waals surface area contributed by atoms with Gasteiger partial charge in [0.15, 0.2) is 0 Å². The maximum atomic E-state index is 13.1. The molecule has 2 amide bonds. The number of likely N-dealkylation sites (tertiary alicyclic amines) is 1. The molecule has 0 saturated carbocycles. The van der Waals surface area contributed by atoms with Gasteiger partial charge in [-0.2, -0.15) is 0 Å². The van der Waals surface area contributed by atoms with Crippen molar-refractivity contribution < 1.29 is 19.9 Å². The second kappa shape index (κ2) is 13.1. The number of hydrogen-bond donors (Lipinski definition) is 3. The zero-order chi connectivity index (χ0) is 27.9. The second-order valence-corrected chi connectivity index (χ2v) is 9.33. The zero-order valence-electron chi connectivity index (χ0n) is 22.1. The zero-order valence-corrected chi connectivity index (χ0v) is 22.1. The number of ketones is 1. The van der Waals surface area contributed by atoms with Crippen LogP contribution in [-0.4, -0.2) is 46.9 Å². The molecule has 0 spiro atoms. The van der Waals surface area contributed by atoms with Crippen LogP contribution in [0, 0.1) is 36.0 Å². The number of hydrogen-bond acceptors (Lipinski definition) is 4. The van der Waals surface area contributed by atoms with E-state index < -0.39 is 11.8 Å². The predicted molar refractivity (Wildman–Crippen MR) is 157 cm³/mol. The third-order valence-corrected chi connectivity index (χ3v) is 6.80. The van der Waals surface area contributed by atoms with E-state index in [0.717, 1.165) is 12.8 Å². The van der Waals surface area contributed by atoms with Gasteiger partial charge in [0.2, 0.25) is 0 Å². The summed E-state index contributed by atoms with van der Waals surface area (Å²) in [6, 6.07) is 18.3. The molecule has 1 fully saturated rings. The Morgan fingerprint density at radius 3 is 1.98 bits per heavy atom. The molecule has 4 rings (SSSR count). The Balaban J connectivity index is 0.00000441. The molecule has 1 aliphatic rings. The first-order chi connectivity index (χ1) is 18.8. The van der Waals surface area contributed by atoms with Crippen molar-refractivity contribution in [2.24, 2.45) is 5.92 Å². The van der Waals surface area contributed by atoms with E-state index in [0.29, 0.717) is 52.6 Å². The van der Waals surface area contributed by atoms with Crippen LogP contribution in [0.5, 0.6) is 0 Å². The smallest absolute Gasteiger partial charge is 0.257 e. The number of benzene rings is 3. The lowest BCUT2D eigenvalue weighted by molar-refractivity contribution is -0.121. The number of Topliss-reactive ketones (excluding diaryl/α,β-unsaturated/α-hetero) is 1. The van der Waals surface area contributed by atoms with Gasteiger partial charge >= 0.3 is 0 Å². The van der Waals surface area contributed by atoms with Gasteiger partial charge in [-0.15, -0.1) is 12.8 Å². The molecule has 0 atom stereocenters. The molecule has 8 heteroatoms. The minimum Gasteiger partial charge on any atom is -0.412 e. The van der Waals surface area contributed by atoms with Crippen molar-refractivity contribution in [2.75, 3.05) is 23.7 Å². The fourth-order valence-electron chi connectivity index (χ4n) is 4.45. The van der Waals surface area contributed by atoms with Crippen molar-refractivity contribution >= 4 is 34.8 Å². The molecule has 0 bridgehead atoms. The summed E-state index contributed by atoms with van der Waals surface area (Å²) in [6.45, 7) is 2.92. The van der Waals surface area contributed by atoms with Crippen molar-refractivity contribution in [3.8, 4) is 24.7 Å². The Morgan fingerprint density at radius 1 is 0.825 bits per heavy atom.